The first-order chi connectivity index (χ1) is 23.3. The van der Waals surface area contributed by atoms with E-state index in [1.807, 2.05) is 6.07 Å². The zero-order valence-electron chi connectivity index (χ0n) is 24.9. The monoisotopic (exact) mass is 598 g/mol. The predicted molar refractivity (Wildman–Crippen MR) is 192 cm³/mol. The fourth-order valence-corrected chi connectivity index (χ4v) is 8.32. The Hall–Kier alpha value is -6.46. The van der Waals surface area contributed by atoms with Gasteiger partial charge in [-0.2, -0.15) is 0 Å². The first-order valence-corrected chi connectivity index (χ1v) is 15.9. The average Bonchev–Trinajstić information content (AvgIpc) is 3.75. The topological polar surface area (TPSA) is 48.3 Å². The minimum atomic E-state index is 0.813. The smallest absolute Gasteiger partial charge is 0.165 e. The number of fused-ring (bicyclic) bond motifs is 7. The third kappa shape index (κ3) is 2.82. The van der Waals surface area contributed by atoms with Gasteiger partial charge in [0.25, 0.3) is 0 Å². The molecule has 7 aromatic carbocycles. The molecule has 5 heterocycles. The molecule has 0 saturated heterocycles. The lowest BCUT2D eigenvalue weighted by Crippen LogP contribution is -2.04. The summed E-state index contributed by atoms with van der Waals surface area (Å²) in [5.41, 5.74) is 11.2. The normalized spacial score (nSPS) is 12.7. The van der Waals surface area contributed by atoms with Gasteiger partial charge in [0, 0.05) is 37.9 Å². The zero-order valence-corrected chi connectivity index (χ0v) is 24.9. The largest absolute Gasteiger partial charge is 0.456 e. The summed E-state index contributed by atoms with van der Waals surface area (Å²) in [5, 5.41) is 9.41. The van der Waals surface area contributed by atoms with E-state index in [4.69, 9.17) is 14.4 Å². The number of benzene rings is 7. The number of hydrogen-bond acceptors (Lipinski definition) is 3. The second kappa shape index (κ2) is 8.22. The van der Waals surface area contributed by atoms with E-state index < -0.39 is 0 Å². The molecule has 47 heavy (non-hydrogen) atoms. The van der Waals surface area contributed by atoms with E-state index in [2.05, 4.69) is 136 Å². The zero-order chi connectivity index (χ0) is 30.4. The van der Waals surface area contributed by atoms with Gasteiger partial charge in [0.15, 0.2) is 5.82 Å². The maximum Gasteiger partial charge on any atom is 0.165 e. The Labute approximate surface area is 266 Å². The van der Waals surface area contributed by atoms with E-state index in [0.717, 1.165) is 77.4 Å². The van der Waals surface area contributed by atoms with Crippen LogP contribution < -0.4 is 0 Å². The molecule has 5 nitrogen and oxygen atoms in total. The van der Waals surface area contributed by atoms with Crippen LogP contribution in [0.3, 0.4) is 0 Å². The van der Waals surface area contributed by atoms with E-state index in [-0.39, 0.29) is 0 Å². The summed E-state index contributed by atoms with van der Waals surface area (Å²) in [6, 6.07) is 47.2. The van der Waals surface area contributed by atoms with Crippen LogP contribution in [0, 0.1) is 0 Å². The summed E-state index contributed by atoms with van der Waals surface area (Å²) in [7, 11) is 0. The quantitative estimate of drug-likeness (QED) is 0.186. The highest BCUT2D eigenvalue weighted by atomic mass is 16.3. The highest BCUT2D eigenvalue weighted by molar-refractivity contribution is 6.37. The van der Waals surface area contributed by atoms with Gasteiger partial charge in [-0.3, -0.25) is 4.57 Å². The molecule has 0 aliphatic rings. The number of furan rings is 1. The van der Waals surface area contributed by atoms with Crippen molar-refractivity contribution in [2.24, 2.45) is 0 Å². The Bertz CT molecular complexity index is 3240. The maximum absolute atomic E-state index is 6.60. The lowest BCUT2D eigenvalue weighted by molar-refractivity contribution is 0.669. The van der Waals surface area contributed by atoms with Crippen molar-refractivity contribution in [3.05, 3.63) is 133 Å². The van der Waals surface area contributed by atoms with E-state index in [1.54, 1.807) is 0 Å². The molecule has 0 unspecified atom stereocenters. The highest BCUT2D eigenvalue weighted by Crippen LogP contribution is 2.48. The molecule has 5 heteroatoms. The molecule has 0 aliphatic carbocycles. The molecule has 0 spiro atoms. The number of para-hydroxylation sites is 1. The Morgan fingerprint density at radius 3 is 2.15 bits per heavy atom. The lowest BCUT2D eigenvalue weighted by Gasteiger charge is -2.15. The van der Waals surface area contributed by atoms with Crippen molar-refractivity contribution in [1.82, 2.24) is 18.9 Å². The van der Waals surface area contributed by atoms with Crippen LogP contribution in [0.15, 0.2) is 138 Å². The Morgan fingerprint density at radius 2 is 1.21 bits per heavy atom. The molecular formula is C42H22N4O. The molecule has 0 amide bonds. The van der Waals surface area contributed by atoms with Crippen molar-refractivity contribution < 1.29 is 4.42 Å². The standard InChI is InChI=1S/C42H22N4O/c1-2-10-24(11-3-1)39-42(44-40-25-12-5-4-9-23(25)17-19-28(40)43-39)46-31-16-8-15-30-35(31)36-32(46)20-22-33-37(36)38-34(47-33)21-18-27-26-13-6-7-14-29(26)45(30)41(27)38/h1-22H. The third-order valence-electron chi connectivity index (χ3n) is 10.2. The van der Waals surface area contributed by atoms with Crippen molar-refractivity contribution in [2.75, 3.05) is 0 Å². The number of rotatable bonds is 2. The molecule has 0 radical (unpaired) electrons. The van der Waals surface area contributed by atoms with Gasteiger partial charge >= 0.3 is 0 Å². The van der Waals surface area contributed by atoms with Gasteiger partial charge in [-0.05, 0) is 53.9 Å². The van der Waals surface area contributed by atoms with Crippen LogP contribution in [0.1, 0.15) is 0 Å². The van der Waals surface area contributed by atoms with E-state index in [1.165, 1.54) is 32.6 Å². The Morgan fingerprint density at radius 1 is 0.468 bits per heavy atom. The third-order valence-corrected chi connectivity index (χ3v) is 10.2. The van der Waals surface area contributed by atoms with Gasteiger partial charge in [-0.15, -0.1) is 0 Å². The maximum atomic E-state index is 6.60. The molecule has 0 saturated carbocycles. The Balaban J connectivity index is 1.36. The fourth-order valence-electron chi connectivity index (χ4n) is 8.32. The van der Waals surface area contributed by atoms with Crippen LogP contribution in [0.5, 0.6) is 0 Å². The SMILES string of the molecule is c1ccc(-c2nc3ccc4ccccc4c3nc2-n2c3ccc4oc5ccc6c7ccccc7n7c8cccc2c8c3c4c5c67)cc1. The van der Waals surface area contributed by atoms with Crippen molar-refractivity contribution in [1.29, 1.82) is 0 Å². The van der Waals surface area contributed by atoms with Crippen LogP contribution in [0.25, 0.3) is 110 Å². The van der Waals surface area contributed by atoms with Crippen LogP contribution in [0.4, 0.5) is 0 Å². The predicted octanol–water partition coefficient (Wildman–Crippen LogP) is 10.9. The molecule has 0 atom stereocenters. The molecule has 0 aliphatic heterocycles. The average molecular weight is 599 g/mol. The number of aromatic nitrogens is 4. The molecule has 0 bridgehead atoms. The van der Waals surface area contributed by atoms with Crippen LogP contribution in [-0.2, 0) is 0 Å². The van der Waals surface area contributed by atoms with Crippen LogP contribution >= 0.6 is 0 Å². The lowest BCUT2D eigenvalue weighted by atomic mass is 10.0. The first-order valence-electron chi connectivity index (χ1n) is 15.9. The van der Waals surface area contributed by atoms with Gasteiger partial charge in [0.1, 0.15) is 16.9 Å². The van der Waals surface area contributed by atoms with Crippen molar-refractivity contribution in [2.45, 2.75) is 0 Å². The Kier molecular flexibility index (Phi) is 4.17. The summed E-state index contributed by atoms with van der Waals surface area (Å²) in [6.07, 6.45) is 0. The molecule has 216 valence electrons. The molecular weight excluding hydrogens is 576 g/mol. The van der Waals surface area contributed by atoms with Gasteiger partial charge in [-0.1, -0.05) is 84.9 Å². The second-order valence-electron chi connectivity index (χ2n) is 12.5. The summed E-state index contributed by atoms with van der Waals surface area (Å²) in [4.78, 5) is 10.9. The van der Waals surface area contributed by atoms with Gasteiger partial charge in [-0.25, -0.2) is 9.97 Å². The summed E-state index contributed by atoms with van der Waals surface area (Å²) >= 11 is 0. The molecule has 12 aromatic rings. The summed E-state index contributed by atoms with van der Waals surface area (Å²) in [5.74, 6) is 0.813. The molecule has 5 aromatic heterocycles. The molecule has 12 rings (SSSR count). The van der Waals surface area contributed by atoms with E-state index >= 15 is 0 Å². The minimum Gasteiger partial charge on any atom is -0.456 e. The molecule has 0 N–H and O–H groups in total. The van der Waals surface area contributed by atoms with Crippen molar-refractivity contribution >= 4 is 92.9 Å². The van der Waals surface area contributed by atoms with Crippen molar-refractivity contribution in [3.8, 4) is 17.1 Å². The molecule has 0 fully saturated rings. The second-order valence-corrected chi connectivity index (χ2v) is 12.5. The van der Waals surface area contributed by atoms with Gasteiger partial charge in [0.2, 0.25) is 0 Å². The van der Waals surface area contributed by atoms with Crippen LogP contribution in [0.2, 0.25) is 0 Å². The van der Waals surface area contributed by atoms with E-state index in [9.17, 15) is 0 Å². The summed E-state index contributed by atoms with van der Waals surface area (Å²) in [6.45, 7) is 0. The number of hydrogen-bond donors (Lipinski definition) is 0. The van der Waals surface area contributed by atoms with Gasteiger partial charge < -0.3 is 8.82 Å². The van der Waals surface area contributed by atoms with Crippen LogP contribution in [-0.4, -0.2) is 18.9 Å². The summed E-state index contributed by atoms with van der Waals surface area (Å²) < 4.78 is 11.4. The van der Waals surface area contributed by atoms with Crippen molar-refractivity contribution in [3.63, 3.8) is 0 Å². The number of nitrogens with zero attached hydrogens (tertiary/aromatic N) is 4. The van der Waals surface area contributed by atoms with E-state index in [0.29, 0.717) is 0 Å². The minimum absolute atomic E-state index is 0.813. The fraction of sp³-hybridized carbons (Fsp3) is 0. The first kappa shape index (κ1) is 23.9. The highest BCUT2D eigenvalue weighted by Gasteiger charge is 2.27. The van der Waals surface area contributed by atoms with Gasteiger partial charge in [0.05, 0.1) is 44.0 Å².